The molecular formula is C25H21BrN2O5S. The quantitative estimate of drug-likeness (QED) is 0.367. The maximum atomic E-state index is 13.0. The van der Waals surface area contributed by atoms with Crippen molar-refractivity contribution < 1.29 is 22.2 Å². The minimum atomic E-state index is -4.02. The predicted molar refractivity (Wildman–Crippen MR) is 132 cm³/mol. The van der Waals surface area contributed by atoms with Gasteiger partial charge in [0, 0.05) is 10.2 Å². The molecule has 0 unspecified atom stereocenters. The van der Waals surface area contributed by atoms with Crippen LogP contribution < -0.4 is 14.4 Å². The van der Waals surface area contributed by atoms with E-state index in [0.717, 1.165) is 31.2 Å². The highest BCUT2D eigenvalue weighted by atomic mass is 79.9. The van der Waals surface area contributed by atoms with Gasteiger partial charge >= 0.3 is 10.1 Å². The summed E-state index contributed by atoms with van der Waals surface area (Å²) in [6, 6.07) is 16.4. The minimum Gasteiger partial charge on any atom is -0.379 e. The first-order valence-electron chi connectivity index (χ1n) is 10.9. The molecule has 1 N–H and O–H groups in total. The van der Waals surface area contributed by atoms with E-state index >= 15 is 0 Å². The SMILES string of the molecule is O=C1CC(=O)N(c2ccc(OS(=O)(=O)c3cccc(Br)c3)cc2)c2ccc3c(c2N1)CCCC3. The second kappa shape index (κ2) is 8.88. The van der Waals surface area contributed by atoms with Crippen molar-refractivity contribution in [3.05, 3.63) is 76.3 Å². The molecule has 174 valence electrons. The van der Waals surface area contributed by atoms with Crippen molar-refractivity contribution >= 4 is 54.9 Å². The smallest absolute Gasteiger partial charge is 0.339 e. The summed E-state index contributed by atoms with van der Waals surface area (Å²) in [4.78, 5) is 27.0. The van der Waals surface area contributed by atoms with Gasteiger partial charge in [-0.05, 0) is 85.3 Å². The number of carbonyl (C=O) groups is 2. The molecule has 0 saturated carbocycles. The number of nitrogens with zero attached hydrogens (tertiary/aromatic N) is 1. The van der Waals surface area contributed by atoms with Crippen molar-refractivity contribution in [1.82, 2.24) is 0 Å². The highest BCUT2D eigenvalue weighted by Crippen LogP contribution is 2.41. The van der Waals surface area contributed by atoms with Crippen LogP contribution >= 0.6 is 15.9 Å². The zero-order valence-corrected chi connectivity index (χ0v) is 20.5. The van der Waals surface area contributed by atoms with Crippen LogP contribution in [-0.2, 0) is 32.5 Å². The molecular weight excluding hydrogens is 520 g/mol. The Balaban J connectivity index is 1.48. The van der Waals surface area contributed by atoms with Crippen LogP contribution in [0.3, 0.4) is 0 Å². The summed E-state index contributed by atoms with van der Waals surface area (Å²) >= 11 is 3.26. The topological polar surface area (TPSA) is 92.8 Å². The van der Waals surface area contributed by atoms with Gasteiger partial charge in [-0.3, -0.25) is 14.5 Å². The van der Waals surface area contributed by atoms with E-state index in [4.69, 9.17) is 4.18 Å². The van der Waals surface area contributed by atoms with E-state index in [1.807, 2.05) is 12.1 Å². The number of carbonyl (C=O) groups excluding carboxylic acids is 2. The van der Waals surface area contributed by atoms with Crippen molar-refractivity contribution in [1.29, 1.82) is 0 Å². The fourth-order valence-corrected chi connectivity index (χ4v) is 5.93. The van der Waals surface area contributed by atoms with Crippen LogP contribution in [-0.4, -0.2) is 20.2 Å². The Labute approximate surface area is 206 Å². The van der Waals surface area contributed by atoms with Crippen molar-refractivity contribution in [2.24, 2.45) is 0 Å². The standard InChI is InChI=1S/C25H21BrN2O5S/c26-17-5-3-6-20(14-17)34(31,32)33-19-11-9-18(10-12-19)28-22-13-8-16-4-1-2-7-21(16)25(22)27-23(29)15-24(28)30/h3,5-6,8-14H,1-2,4,7,15H2,(H,27,29). The Morgan fingerprint density at radius 1 is 0.941 bits per heavy atom. The Hall–Kier alpha value is -3.17. The van der Waals surface area contributed by atoms with E-state index in [2.05, 4.69) is 21.2 Å². The molecule has 0 saturated heterocycles. The fourth-order valence-electron chi connectivity index (χ4n) is 4.41. The van der Waals surface area contributed by atoms with Crippen LogP contribution in [0, 0.1) is 0 Å². The van der Waals surface area contributed by atoms with E-state index in [-0.39, 0.29) is 28.9 Å². The molecule has 0 bridgehead atoms. The van der Waals surface area contributed by atoms with Gasteiger partial charge in [-0.1, -0.05) is 28.1 Å². The number of fused-ring (bicyclic) bond motifs is 3. The van der Waals surface area contributed by atoms with Gasteiger partial charge in [0.2, 0.25) is 11.8 Å². The first-order valence-corrected chi connectivity index (χ1v) is 13.1. The van der Waals surface area contributed by atoms with Crippen molar-refractivity contribution in [2.45, 2.75) is 37.0 Å². The molecule has 2 amide bonds. The van der Waals surface area contributed by atoms with Gasteiger partial charge in [-0.25, -0.2) is 0 Å². The molecule has 1 aliphatic heterocycles. The first-order chi connectivity index (χ1) is 16.3. The summed E-state index contributed by atoms with van der Waals surface area (Å²) in [5.41, 5.74) is 4.10. The van der Waals surface area contributed by atoms with Gasteiger partial charge in [-0.15, -0.1) is 0 Å². The molecule has 3 aromatic rings. The lowest BCUT2D eigenvalue weighted by Gasteiger charge is -2.26. The van der Waals surface area contributed by atoms with Gasteiger partial charge in [0.05, 0.1) is 11.4 Å². The molecule has 5 rings (SSSR count). The van der Waals surface area contributed by atoms with Gasteiger partial charge in [0.1, 0.15) is 17.1 Å². The average Bonchev–Trinajstić information content (AvgIpc) is 2.94. The molecule has 3 aromatic carbocycles. The van der Waals surface area contributed by atoms with Gasteiger partial charge in [0.25, 0.3) is 0 Å². The van der Waals surface area contributed by atoms with Gasteiger partial charge < -0.3 is 9.50 Å². The molecule has 0 aromatic heterocycles. The van der Waals surface area contributed by atoms with E-state index in [1.54, 1.807) is 24.3 Å². The summed E-state index contributed by atoms with van der Waals surface area (Å²) in [6.07, 6.45) is 3.66. The summed E-state index contributed by atoms with van der Waals surface area (Å²) in [5, 5.41) is 2.94. The lowest BCUT2D eigenvalue weighted by atomic mass is 9.89. The second-order valence-corrected chi connectivity index (χ2v) is 10.7. The van der Waals surface area contributed by atoms with Crippen molar-refractivity contribution in [2.75, 3.05) is 10.2 Å². The van der Waals surface area contributed by atoms with Gasteiger partial charge in [-0.2, -0.15) is 8.42 Å². The molecule has 9 heteroatoms. The Bertz CT molecular complexity index is 1400. The van der Waals surface area contributed by atoms with E-state index in [1.165, 1.54) is 34.7 Å². The van der Waals surface area contributed by atoms with E-state index < -0.39 is 10.1 Å². The molecule has 0 fully saturated rings. The molecule has 1 heterocycles. The third-order valence-electron chi connectivity index (χ3n) is 5.96. The second-order valence-electron chi connectivity index (χ2n) is 8.25. The summed E-state index contributed by atoms with van der Waals surface area (Å²) in [6.45, 7) is 0. The molecule has 7 nitrogen and oxygen atoms in total. The molecule has 1 aliphatic carbocycles. The molecule has 0 spiro atoms. The Morgan fingerprint density at radius 3 is 2.47 bits per heavy atom. The van der Waals surface area contributed by atoms with Crippen molar-refractivity contribution in [3.8, 4) is 5.75 Å². The summed E-state index contributed by atoms with van der Waals surface area (Å²) in [7, 11) is -4.02. The van der Waals surface area contributed by atoms with Crippen molar-refractivity contribution in [3.63, 3.8) is 0 Å². The van der Waals surface area contributed by atoms with E-state index in [0.29, 0.717) is 21.5 Å². The number of hydrogen-bond donors (Lipinski definition) is 1. The number of anilines is 3. The van der Waals surface area contributed by atoms with Crippen LogP contribution in [0.5, 0.6) is 5.75 Å². The zero-order chi connectivity index (χ0) is 23.9. The number of aryl methyl sites for hydroxylation is 1. The minimum absolute atomic E-state index is 0.0249. The average molecular weight is 541 g/mol. The number of hydrogen-bond acceptors (Lipinski definition) is 5. The fraction of sp³-hybridized carbons (Fsp3) is 0.200. The number of amides is 2. The molecule has 34 heavy (non-hydrogen) atoms. The van der Waals surface area contributed by atoms with Crippen LogP contribution in [0.25, 0.3) is 0 Å². The molecule has 0 atom stereocenters. The predicted octanol–water partition coefficient (Wildman–Crippen LogP) is 5.10. The maximum absolute atomic E-state index is 13.0. The highest BCUT2D eigenvalue weighted by Gasteiger charge is 2.30. The number of rotatable bonds is 4. The number of halogens is 1. The summed E-state index contributed by atoms with van der Waals surface area (Å²) in [5.74, 6) is -0.582. The summed E-state index contributed by atoms with van der Waals surface area (Å²) < 4.78 is 31.1. The number of benzene rings is 3. The monoisotopic (exact) mass is 540 g/mol. The van der Waals surface area contributed by atoms with Crippen LogP contribution in [0.4, 0.5) is 17.1 Å². The molecule has 0 radical (unpaired) electrons. The van der Waals surface area contributed by atoms with E-state index in [9.17, 15) is 18.0 Å². The normalized spacial score (nSPS) is 15.7. The van der Waals surface area contributed by atoms with Crippen LogP contribution in [0.15, 0.2) is 70.0 Å². The number of nitrogens with one attached hydrogen (secondary N) is 1. The van der Waals surface area contributed by atoms with Crippen LogP contribution in [0.1, 0.15) is 30.4 Å². The lowest BCUT2D eigenvalue weighted by Crippen LogP contribution is -2.26. The third-order valence-corrected chi connectivity index (χ3v) is 7.70. The molecule has 2 aliphatic rings. The highest BCUT2D eigenvalue weighted by molar-refractivity contribution is 9.10. The first kappa shape index (κ1) is 22.6. The zero-order valence-electron chi connectivity index (χ0n) is 18.1. The van der Waals surface area contributed by atoms with Crippen LogP contribution in [0.2, 0.25) is 0 Å². The van der Waals surface area contributed by atoms with Gasteiger partial charge in [0.15, 0.2) is 0 Å². The lowest BCUT2D eigenvalue weighted by molar-refractivity contribution is -0.124. The third kappa shape index (κ3) is 4.33. The maximum Gasteiger partial charge on any atom is 0.339 e. The largest absolute Gasteiger partial charge is 0.379 e. The Kier molecular flexibility index (Phi) is 5.91. The Morgan fingerprint density at radius 2 is 1.71 bits per heavy atom.